The van der Waals surface area contributed by atoms with Crippen LogP contribution in [-0.4, -0.2) is 40.4 Å². The lowest BCUT2D eigenvalue weighted by molar-refractivity contribution is 0.236. The Kier molecular flexibility index (Phi) is 6.11. The first kappa shape index (κ1) is 20.8. The zero-order chi connectivity index (χ0) is 21.8. The van der Waals surface area contributed by atoms with Crippen LogP contribution >= 0.6 is 0 Å². The van der Waals surface area contributed by atoms with Gasteiger partial charge in [-0.25, -0.2) is 23.2 Å². The maximum atomic E-state index is 13.5. The number of halogens is 2. The van der Waals surface area contributed by atoms with E-state index < -0.39 is 11.6 Å². The van der Waals surface area contributed by atoms with E-state index in [-0.39, 0.29) is 18.0 Å². The summed E-state index contributed by atoms with van der Waals surface area (Å²) in [7, 11) is 0. The number of hydrogen-bond donors (Lipinski definition) is 2. The molecule has 1 fully saturated rings. The van der Waals surface area contributed by atoms with E-state index in [4.69, 9.17) is 0 Å². The highest BCUT2D eigenvalue weighted by atomic mass is 19.2. The topological polar surface area (TPSA) is 75.1 Å². The van der Waals surface area contributed by atoms with Gasteiger partial charge in [0, 0.05) is 31.4 Å². The van der Waals surface area contributed by atoms with Crippen LogP contribution in [0.4, 0.5) is 19.3 Å². The summed E-state index contributed by atoms with van der Waals surface area (Å²) in [5, 5.41) is 9.95. The molecule has 2 N–H and O–H groups in total. The minimum absolute atomic E-state index is 0.160. The molecule has 3 aromatic rings. The summed E-state index contributed by atoms with van der Waals surface area (Å²) < 4.78 is 28.3. The third kappa shape index (κ3) is 4.99. The second-order valence-corrected chi connectivity index (χ2v) is 7.71. The molecule has 0 aliphatic carbocycles. The van der Waals surface area contributed by atoms with Crippen LogP contribution in [0.1, 0.15) is 24.9 Å². The summed E-state index contributed by atoms with van der Waals surface area (Å²) in [6.45, 7) is 3.87. The van der Waals surface area contributed by atoms with Crippen LogP contribution in [0.25, 0.3) is 5.69 Å². The Morgan fingerprint density at radius 3 is 2.65 bits per heavy atom. The van der Waals surface area contributed by atoms with Crippen molar-refractivity contribution in [3.05, 3.63) is 72.3 Å². The molecule has 2 unspecified atom stereocenters. The molecule has 0 spiro atoms. The molecule has 0 saturated carbocycles. The minimum atomic E-state index is -0.847. The number of hydrogen-bond acceptors (Lipinski definition) is 4. The minimum Gasteiger partial charge on any atom is -0.371 e. The van der Waals surface area contributed by atoms with Crippen molar-refractivity contribution in [2.75, 3.05) is 24.5 Å². The van der Waals surface area contributed by atoms with Crippen molar-refractivity contribution in [2.24, 2.45) is 5.92 Å². The van der Waals surface area contributed by atoms with E-state index in [1.54, 1.807) is 17.1 Å². The fourth-order valence-corrected chi connectivity index (χ4v) is 3.74. The Bertz CT molecular complexity index is 1020. The van der Waals surface area contributed by atoms with Crippen molar-refractivity contribution >= 4 is 11.7 Å². The van der Waals surface area contributed by atoms with Gasteiger partial charge in [0.05, 0.1) is 11.7 Å². The van der Waals surface area contributed by atoms with Crippen LogP contribution < -0.4 is 15.5 Å². The molecule has 2 heterocycles. The van der Waals surface area contributed by atoms with E-state index >= 15 is 0 Å². The molecule has 4 rings (SSSR count). The Balaban J connectivity index is 1.24. The first-order valence-corrected chi connectivity index (χ1v) is 10.2. The second kappa shape index (κ2) is 9.11. The zero-order valence-corrected chi connectivity index (χ0v) is 17.1. The predicted octanol–water partition coefficient (Wildman–Crippen LogP) is 3.43. The standard InChI is InChI=1S/C22H24F2N6O/c1-15(17-2-4-18(5-3-17)30-14-25-13-27-30)28-22(31)26-11-16-8-9-29(12-16)19-6-7-20(23)21(24)10-19/h2-7,10,13-16H,8-9,11-12H2,1H3,(H2,26,28,31). The maximum Gasteiger partial charge on any atom is 0.315 e. The molecule has 162 valence electrons. The van der Waals surface area contributed by atoms with Gasteiger partial charge in [-0.15, -0.1) is 0 Å². The van der Waals surface area contributed by atoms with Gasteiger partial charge >= 0.3 is 6.03 Å². The fourth-order valence-electron chi connectivity index (χ4n) is 3.74. The van der Waals surface area contributed by atoms with Crippen molar-refractivity contribution in [3.8, 4) is 5.69 Å². The Hall–Kier alpha value is -3.49. The number of aromatic nitrogens is 3. The molecule has 2 amide bonds. The van der Waals surface area contributed by atoms with Gasteiger partial charge in [-0.1, -0.05) is 12.1 Å². The molecule has 2 atom stereocenters. The molecule has 0 radical (unpaired) electrons. The molecule has 1 saturated heterocycles. The van der Waals surface area contributed by atoms with Crippen LogP contribution in [0.15, 0.2) is 55.1 Å². The predicted molar refractivity (Wildman–Crippen MR) is 113 cm³/mol. The highest BCUT2D eigenvalue weighted by Crippen LogP contribution is 2.25. The molecule has 9 heteroatoms. The van der Waals surface area contributed by atoms with Gasteiger partial charge in [-0.2, -0.15) is 5.10 Å². The van der Waals surface area contributed by atoms with E-state index in [0.717, 1.165) is 30.3 Å². The van der Waals surface area contributed by atoms with Gasteiger partial charge in [0.1, 0.15) is 12.7 Å². The molecule has 31 heavy (non-hydrogen) atoms. The monoisotopic (exact) mass is 426 g/mol. The van der Waals surface area contributed by atoms with Crippen molar-refractivity contribution in [2.45, 2.75) is 19.4 Å². The number of carbonyl (C=O) groups excluding carboxylic acids is 1. The number of nitrogens with zero attached hydrogens (tertiary/aromatic N) is 4. The summed E-state index contributed by atoms with van der Waals surface area (Å²) in [4.78, 5) is 18.3. The highest BCUT2D eigenvalue weighted by Gasteiger charge is 2.24. The largest absolute Gasteiger partial charge is 0.371 e. The molecular formula is C22H24F2N6O. The average Bonchev–Trinajstić information content (AvgIpc) is 3.47. The number of urea groups is 1. The van der Waals surface area contributed by atoms with E-state index in [2.05, 4.69) is 20.7 Å². The van der Waals surface area contributed by atoms with E-state index in [1.165, 1.54) is 12.4 Å². The normalized spacial score (nSPS) is 16.9. The fraction of sp³-hybridized carbons (Fsp3) is 0.318. The van der Waals surface area contributed by atoms with Crippen molar-refractivity contribution in [3.63, 3.8) is 0 Å². The van der Waals surface area contributed by atoms with Gasteiger partial charge in [-0.3, -0.25) is 0 Å². The molecule has 1 aromatic heterocycles. The number of anilines is 1. The molecule has 1 aliphatic rings. The van der Waals surface area contributed by atoms with Crippen molar-refractivity contribution in [1.82, 2.24) is 25.4 Å². The summed E-state index contributed by atoms with van der Waals surface area (Å²) >= 11 is 0. The lowest BCUT2D eigenvalue weighted by atomic mass is 10.1. The van der Waals surface area contributed by atoms with Gasteiger partial charge in [-0.05, 0) is 49.1 Å². The quantitative estimate of drug-likeness (QED) is 0.633. The maximum absolute atomic E-state index is 13.5. The lowest BCUT2D eigenvalue weighted by Crippen LogP contribution is -2.40. The number of carbonyl (C=O) groups is 1. The summed E-state index contributed by atoms with van der Waals surface area (Å²) in [6, 6.07) is 11.3. The van der Waals surface area contributed by atoms with E-state index in [1.807, 2.05) is 36.1 Å². The molecule has 1 aliphatic heterocycles. The van der Waals surface area contributed by atoms with Gasteiger partial charge in [0.2, 0.25) is 0 Å². The van der Waals surface area contributed by atoms with E-state index in [9.17, 15) is 13.6 Å². The lowest BCUT2D eigenvalue weighted by Gasteiger charge is -2.20. The third-order valence-electron chi connectivity index (χ3n) is 5.53. The Morgan fingerprint density at radius 2 is 1.94 bits per heavy atom. The van der Waals surface area contributed by atoms with Crippen LogP contribution in [0.5, 0.6) is 0 Å². The number of nitrogens with one attached hydrogen (secondary N) is 2. The SMILES string of the molecule is CC(NC(=O)NCC1CCN(c2ccc(F)c(F)c2)C1)c1ccc(-n2cncn2)cc1. The number of benzene rings is 2. The van der Waals surface area contributed by atoms with Crippen LogP contribution in [0.2, 0.25) is 0 Å². The first-order chi connectivity index (χ1) is 15.0. The first-order valence-electron chi connectivity index (χ1n) is 10.2. The van der Waals surface area contributed by atoms with Crippen LogP contribution in [-0.2, 0) is 0 Å². The van der Waals surface area contributed by atoms with Crippen molar-refractivity contribution < 1.29 is 13.6 Å². The van der Waals surface area contributed by atoms with Crippen LogP contribution in [0.3, 0.4) is 0 Å². The molecule has 0 bridgehead atoms. The molecule has 7 nitrogen and oxygen atoms in total. The Labute approximate surface area is 179 Å². The zero-order valence-electron chi connectivity index (χ0n) is 17.1. The van der Waals surface area contributed by atoms with E-state index in [0.29, 0.717) is 18.8 Å². The Morgan fingerprint density at radius 1 is 1.16 bits per heavy atom. The summed E-state index contributed by atoms with van der Waals surface area (Å²) in [5.41, 5.74) is 2.53. The third-order valence-corrected chi connectivity index (χ3v) is 5.53. The smallest absolute Gasteiger partial charge is 0.315 e. The molecule has 2 aromatic carbocycles. The summed E-state index contributed by atoms with van der Waals surface area (Å²) in [5.74, 6) is -1.45. The average molecular weight is 426 g/mol. The van der Waals surface area contributed by atoms with Crippen molar-refractivity contribution in [1.29, 1.82) is 0 Å². The number of rotatable bonds is 6. The number of amides is 2. The highest BCUT2D eigenvalue weighted by molar-refractivity contribution is 5.74. The molecular weight excluding hydrogens is 402 g/mol. The van der Waals surface area contributed by atoms with Crippen LogP contribution in [0, 0.1) is 17.6 Å². The summed E-state index contributed by atoms with van der Waals surface area (Å²) in [6.07, 6.45) is 3.98. The van der Waals surface area contributed by atoms with Gasteiger partial charge in [0.15, 0.2) is 11.6 Å². The second-order valence-electron chi connectivity index (χ2n) is 7.71. The van der Waals surface area contributed by atoms with Gasteiger partial charge < -0.3 is 15.5 Å². The van der Waals surface area contributed by atoms with Gasteiger partial charge in [0.25, 0.3) is 0 Å².